The predicted octanol–water partition coefficient (Wildman–Crippen LogP) is -2.48. The second-order valence-corrected chi connectivity index (χ2v) is 20.8. The van der Waals surface area contributed by atoms with E-state index in [4.69, 9.17) is 11.5 Å². The van der Waals surface area contributed by atoms with Gasteiger partial charge in [-0.3, -0.25) is 47.9 Å². The van der Waals surface area contributed by atoms with Gasteiger partial charge in [0.2, 0.25) is 53.2 Å². The molecule has 28 nitrogen and oxygen atoms in total. The Morgan fingerprint density at radius 1 is 0.442 bits per heavy atom. The highest BCUT2D eigenvalue weighted by Gasteiger charge is 2.37. The van der Waals surface area contributed by atoms with Crippen LogP contribution in [-0.2, 0) is 78.4 Å². The molecule has 0 aliphatic carbocycles. The highest BCUT2D eigenvalue weighted by molar-refractivity contribution is 5.99. The molecule has 0 aliphatic heterocycles. The van der Waals surface area contributed by atoms with E-state index in [0.717, 1.165) is 6.92 Å². The van der Waals surface area contributed by atoms with Gasteiger partial charge in [0.25, 0.3) is 0 Å². The molecule has 0 spiro atoms. The Morgan fingerprint density at radius 2 is 0.814 bits per heavy atom. The van der Waals surface area contributed by atoms with Crippen molar-refractivity contribution < 1.29 is 88.5 Å². The zero-order chi connectivity index (χ0) is 63.8. The van der Waals surface area contributed by atoms with Gasteiger partial charge in [-0.15, -0.1) is 0 Å². The van der Waals surface area contributed by atoms with Crippen molar-refractivity contribution in [3.8, 4) is 17.2 Å². The summed E-state index contributed by atoms with van der Waals surface area (Å²) in [5.41, 5.74) is 13.2. The number of phenolic OH excluding ortho intramolecular Hbond substituents is 3. The summed E-state index contributed by atoms with van der Waals surface area (Å²) in [5.74, 6) is -13.7. The van der Waals surface area contributed by atoms with E-state index in [1.165, 1.54) is 72.8 Å². The van der Waals surface area contributed by atoms with E-state index >= 15 is 0 Å². The largest absolute Gasteiger partial charge is 0.508 e. The normalized spacial score (nSPS) is 14.5. The van der Waals surface area contributed by atoms with Crippen molar-refractivity contribution in [2.75, 3.05) is 6.61 Å². The molecule has 0 saturated carbocycles. The van der Waals surface area contributed by atoms with Crippen molar-refractivity contribution in [2.45, 2.75) is 133 Å². The van der Waals surface area contributed by atoms with Crippen LogP contribution in [0.5, 0.6) is 17.2 Å². The van der Waals surface area contributed by atoms with Crippen molar-refractivity contribution >= 4 is 65.1 Å². The molecule has 0 aromatic heterocycles. The highest BCUT2D eigenvalue weighted by atomic mass is 16.4. The van der Waals surface area contributed by atoms with Crippen LogP contribution in [0.15, 0.2) is 103 Å². The van der Waals surface area contributed by atoms with Crippen LogP contribution in [-0.4, -0.2) is 168 Å². The first kappa shape index (κ1) is 68.8. The Hall–Kier alpha value is -9.67. The molecule has 0 saturated heterocycles. The van der Waals surface area contributed by atoms with E-state index in [1.807, 2.05) is 0 Å². The number of carbonyl (C=O) groups excluding carboxylic acids is 9. The smallest absolute Gasteiger partial charge is 0.326 e. The highest BCUT2D eigenvalue weighted by Crippen LogP contribution is 2.17. The third kappa shape index (κ3) is 23.2. The number of nitrogens with two attached hydrogens (primary N) is 2. The Labute approximate surface area is 493 Å². The lowest BCUT2D eigenvalue weighted by Gasteiger charge is -2.28. The van der Waals surface area contributed by atoms with Crippen molar-refractivity contribution in [1.29, 1.82) is 0 Å². The summed E-state index contributed by atoms with van der Waals surface area (Å²) < 4.78 is 0. The minimum absolute atomic E-state index is 0.0409. The van der Waals surface area contributed by atoms with Gasteiger partial charge in [0.1, 0.15) is 65.6 Å². The predicted molar refractivity (Wildman–Crippen MR) is 306 cm³/mol. The number of carbonyl (C=O) groups is 11. The molecule has 0 radical (unpaired) electrons. The molecule has 4 rings (SSSR count). The number of hydrogen-bond donors (Lipinski definition) is 17. The SMILES string of the molecule is CC(C)C[C@H](NC(=O)[C@H](CCC(N)=O)NC(=O)[C@H](Cc1ccc(O)cc1)NC(=O)[C@H](Cc1ccc(O)cc1)NC(=O)[C@H](CC(=O)O)NC(=O)[C@H](CO)NC(=O)[C@@H](NC(=O)[C@@H](N)Cc1ccccc1)[C@@H](C)O)C(=O)N[C@@H](Cc1ccc(O)cc1)C(=O)O. The van der Waals surface area contributed by atoms with Crippen LogP contribution >= 0.6 is 0 Å². The van der Waals surface area contributed by atoms with Crippen LogP contribution in [0.4, 0.5) is 0 Å². The van der Waals surface area contributed by atoms with Gasteiger partial charge >= 0.3 is 11.9 Å². The summed E-state index contributed by atoms with van der Waals surface area (Å²) in [6, 6.07) is 9.62. The number of phenols is 3. The fourth-order valence-electron chi connectivity index (χ4n) is 8.58. The minimum atomic E-state index is -2.07. The number of aliphatic hydroxyl groups is 2. The fraction of sp³-hybridized carbons (Fsp3) is 0.397. The number of aliphatic hydroxyl groups excluding tert-OH is 2. The quantitative estimate of drug-likeness (QED) is 0.0230. The fourth-order valence-corrected chi connectivity index (χ4v) is 8.58. The Kier molecular flexibility index (Phi) is 26.9. The van der Waals surface area contributed by atoms with E-state index in [0.29, 0.717) is 16.7 Å². The lowest BCUT2D eigenvalue weighted by atomic mass is 10.00. The third-order valence-electron chi connectivity index (χ3n) is 13.2. The number of nitrogens with one attached hydrogen (secondary N) is 8. The first-order valence-corrected chi connectivity index (χ1v) is 27.2. The molecule has 0 bridgehead atoms. The standard InChI is InChI=1S/C58H74N10O18/c1-30(2)23-41(52(79)66-45(58(85)86)27-35-13-19-38(73)20-14-35)62-51(78)40(21-22-47(60)74)61-53(80)42(25-33-9-15-36(71)16-10-33)63-54(81)43(26-34-11-17-37(72)18-12-34)64-55(82)44(28-48(75)76)65-56(83)46(29-69)67-57(84)49(31(3)70)68-50(77)39(59)24-32-7-5-4-6-8-32/h4-20,30-31,39-46,49,69-73H,21-29,59H2,1-3H3,(H2,60,74)(H,61,80)(H,62,78)(H,63,81)(H,64,82)(H,65,83)(H,66,79)(H,67,84)(H,68,77)(H,75,76)(H,85,86)/t31-,39+,40+,41+,42+,43+,44+,45+,46+,49+/m1/s1. The number of aliphatic carboxylic acids is 2. The Balaban J connectivity index is 1.62. The molecule has 0 unspecified atom stereocenters. The lowest BCUT2D eigenvalue weighted by molar-refractivity contribution is -0.142. The molecule has 9 amide bonds. The van der Waals surface area contributed by atoms with E-state index in [9.17, 15) is 88.5 Å². The number of carboxylic acids is 2. The second-order valence-electron chi connectivity index (χ2n) is 20.8. The van der Waals surface area contributed by atoms with Gasteiger partial charge in [-0.2, -0.15) is 0 Å². The minimum Gasteiger partial charge on any atom is -0.508 e. The number of primary amides is 1. The number of hydrogen-bond acceptors (Lipinski definition) is 17. The van der Waals surface area contributed by atoms with Gasteiger partial charge < -0.3 is 89.7 Å². The molecule has 28 heteroatoms. The van der Waals surface area contributed by atoms with Gasteiger partial charge in [-0.05, 0) is 90.8 Å². The van der Waals surface area contributed by atoms with Crippen LogP contribution in [0.3, 0.4) is 0 Å². The molecule has 86 heavy (non-hydrogen) atoms. The summed E-state index contributed by atoms with van der Waals surface area (Å²) in [6.07, 6.45) is -4.82. The zero-order valence-corrected chi connectivity index (χ0v) is 47.3. The molecule has 0 fully saturated rings. The maximum atomic E-state index is 14.6. The zero-order valence-electron chi connectivity index (χ0n) is 47.3. The number of benzene rings is 4. The summed E-state index contributed by atoms with van der Waals surface area (Å²) in [7, 11) is 0. The van der Waals surface area contributed by atoms with Gasteiger partial charge in [0.15, 0.2) is 0 Å². The average Bonchev–Trinajstić information content (AvgIpc) is 3.60. The maximum Gasteiger partial charge on any atom is 0.326 e. The second kappa shape index (κ2) is 33.6. The first-order valence-electron chi connectivity index (χ1n) is 27.2. The van der Waals surface area contributed by atoms with Crippen LogP contribution in [0, 0.1) is 5.92 Å². The molecular formula is C58H74N10O18. The first-order chi connectivity index (χ1) is 40.6. The van der Waals surface area contributed by atoms with Crippen molar-refractivity contribution in [2.24, 2.45) is 17.4 Å². The Morgan fingerprint density at radius 3 is 1.24 bits per heavy atom. The van der Waals surface area contributed by atoms with Crippen LogP contribution in [0.25, 0.3) is 0 Å². The number of rotatable bonds is 34. The molecule has 0 aliphatic rings. The van der Waals surface area contributed by atoms with Crippen LogP contribution < -0.4 is 54.0 Å². The lowest BCUT2D eigenvalue weighted by Crippen LogP contribution is -2.62. The van der Waals surface area contributed by atoms with Crippen LogP contribution in [0.2, 0.25) is 0 Å². The summed E-state index contributed by atoms with van der Waals surface area (Å²) >= 11 is 0. The van der Waals surface area contributed by atoms with Gasteiger partial charge in [-0.1, -0.05) is 80.6 Å². The molecule has 4 aromatic carbocycles. The summed E-state index contributed by atoms with van der Waals surface area (Å²) in [4.78, 5) is 148. The topological polar surface area (TPSA) is 478 Å². The van der Waals surface area contributed by atoms with Crippen LogP contribution in [0.1, 0.15) is 68.7 Å². The van der Waals surface area contributed by atoms with E-state index < -0.39 is 164 Å². The maximum absolute atomic E-state index is 14.6. The molecule has 4 aromatic rings. The molecule has 0 heterocycles. The third-order valence-corrected chi connectivity index (χ3v) is 13.2. The Bertz CT molecular complexity index is 2990. The van der Waals surface area contributed by atoms with Crippen molar-refractivity contribution in [3.63, 3.8) is 0 Å². The van der Waals surface area contributed by atoms with Gasteiger partial charge in [0, 0.05) is 25.7 Å². The number of amides is 9. The van der Waals surface area contributed by atoms with E-state index in [2.05, 4.69) is 42.5 Å². The molecular weight excluding hydrogens is 1120 g/mol. The van der Waals surface area contributed by atoms with Crippen molar-refractivity contribution in [1.82, 2.24) is 42.5 Å². The number of aromatic hydroxyl groups is 3. The van der Waals surface area contributed by atoms with Gasteiger partial charge in [-0.25, -0.2) is 4.79 Å². The molecule has 464 valence electrons. The van der Waals surface area contributed by atoms with Gasteiger partial charge in [0.05, 0.1) is 25.2 Å². The molecule has 19 N–H and O–H groups in total. The monoisotopic (exact) mass is 1200 g/mol. The van der Waals surface area contributed by atoms with Crippen molar-refractivity contribution in [3.05, 3.63) is 125 Å². The molecule has 10 atom stereocenters. The van der Waals surface area contributed by atoms with E-state index in [-0.39, 0.29) is 48.0 Å². The summed E-state index contributed by atoms with van der Waals surface area (Å²) in [6.45, 7) is 3.39. The number of carboxylic acid groups (broad SMARTS) is 2. The van der Waals surface area contributed by atoms with E-state index in [1.54, 1.807) is 44.2 Å². The summed E-state index contributed by atoms with van der Waals surface area (Å²) in [5, 5.41) is 89.2. The average molecular weight is 1200 g/mol.